The van der Waals surface area contributed by atoms with Gasteiger partial charge in [0, 0.05) is 19.2 Å². The van der Waals surface area contributed by atoms with Crippen LogP contribution in [0.25, 0.3) is 0 Å². The predicted molar refractivity (Wildman–Crippen MR) is 85.2 cm³/mol. The SMILES string of the molecule is Clc1ccc(Cl)c(SCc2ccc(I)cc2)c1. The molecule has 0 saturated heterocycles. The van der Waals surface area contributed by atoms with Gasteiger partial charge in [0.05, 0.1) is 5.02 Å². The highest BCUT2D eigenvalue weighted by molar-refractivity contribution is 14.1. The molecule has 0 aliphatic heterocycles. The molecule has 0 aliphatic rings. The topological polar surface area (TPSA) is 0 Å². The van der Waals surface area contributed by atoms with E-state index < -0.39 is 0 Å². The summed E-state index contributed by atoms with van der Waals surface area (Å²) in [6.07, 6.45) is 0. The minimum Gasteiger partial charge on any atom is -0.120 e. The molecule has 0 fully saturated rings. The average molecular weight is 395 g/mol. The molecule has 0 radical (unpaired) electrons. The zero-order valence-corrected chi connectivity index (χ0v) is 13.3. The molecule has 0 nitrogen and oxygen atoms in total. The summed E-state index contributed by atoms with van der Waals surface area (Å²) in [7, 11) is 0. The maximum absolute atomic E-state index is 6.11. The fraction of sp³-hybridized carbons (Fsp3) is 0.0769. The van der Waals surface area contributed by atoms with Crippen molar-refractivity contribution < 1.29 is 0 Å². The van der Waals surface area contributed by atoms with Gasteiger partial charge in [-0.1, -0.05) is 35.3 Å². The van der Waals surface area contributed by atoms with Crippen LogP contribution in [-0.4, -0.2) is 0 Å². The Kier molecular flexibility index (Phi) is 5.03. The number of hydrogen-bond acceptors (Lipinski definition) is 1. The molecule has 0 atom stereocenters. The molecule has 17 heavy (non-hydrogen) atoms. The van der Waals surface area contributed by atoms with E-state index >= 15 is 0 Å². The third-order valence-electron chi connectivity index (χ3n) is 2.20. The summed E-state index contributed by atoms with van der Waals surface area (Å²) in [5.74, 6) is 0.900. The minimum atomic E-state index is 0.722. The lowest BCUT2D eigenvalue weighted by molar-refractivity contribution is 1.37. The Balaban J connectivity index is 2.07. The van der Waals surface area contributed by atoms with Crippen LogP contribution in [-0.2, 0) is 5.75 Å². The predicted octanol–water partition coefficient (Wildman–Crippen LogP) is 5.89. The van der Waals surface area contributed by atoms with Crippen LogP contribution >= 0.6 is 57.6 Å². The Hall–Kier alpha value is 0.1000. The summed E-state index contributed by atoms with van der Waals surface area (Å²) in [4.78, 5) is 1.03. The summed E-state index contributed by atoms with van der Waals surface area (Å²) in [6.45, 7) is 0. The zero-order chi connectivity index (χ0) is 12.3. The van der Waals surface area contributed by atoms with Crippen LogP contribution in [0.5, 0.6) is 0 Å². The Morgan fingerprint density at radius 3 is 2.41 bits per heavy atom. The first kappa shape index (κ1) is 13.5. The molecule has 2 aromatic rings. The number of thioether (sulfide) groups is 1. The molecule has 0 spiro atoms. The minimum absolute atomic E-state index is 0.722. The van der Waals surface area contributed by atoms with Gasteiger partial charge in [0.1, 0.15) is 0 Å². The van der Waals surface area contributed by atoms with Gasteiger partial charge in [-0.25, -0.2) is 0 Å². The van der Waals surface area contributed by atoms with Gasteiger partial charge in [0.25, 0.3) is 0 Å². The molecule has 0 aromatic heterocycles. The van der Waals surface area contributed by atoms with Crippen LogP contribution in [0.1, 0.15) is 5.56 Å². The average Bonchev–Trinajstić information content (AvgIpc) is 2.32. The summed E-state index contributed by atoms with van der Waals surface area (Å²) in [5, 5.41) is 1.48. The van der Waals surface area contributed by atoms with Crippen molar-refractivity contribution in [1.82, 2.24) is 0 Å². The number of halogens is 3. The number of benzene rings is 2. The van der Waals surface area contributed by atoms with Gasteiger partial charge in [0.15, 0.2) is 0 Å². The Labute approximate surface area is 129 Å². The molecule has 4 heteroatoms. The Bertz CT molecular complexity index is 511. The molecule has 2 rings (SSSR count). The van der Waals surface area contributed by atoms with Crippen LogP contribution in [0.4, 0.5) is 0 Å². The van der Waals surface area contributed by atoms with Crippen LogP contribution in [0.2, 0.25) is 10.0 Å². The third-order valence-corrected chi connectivity index (χ3v) is 4.72. The summed E-state index contributed by atoms with van der Waals surface area (Å²) in [6, 6.07) is 14.0. The smallest absolute Gasteiger partial charge is 0.0543 e. The molecular weight excluding hydrogens is 386 g/mol. The molecule has 0 unspecified atom stereocenters. The van der Waals surface area contributed by atoms with Gasteiger partial charge in [0.2, 0.25) is 0 Å². The van der Waals surface area contributed by atoms with E-state index in [2.05, 4.69) is 46.9 Å². The lowest BCUT2D eigenvalue weighted by Crippen LogP contribution is -1.82. The van der Waals surface area contributed by atoms with E-state index in [1.54, 1.807) is 17.8 Å². The van der Waals surface area contributed by atoms with Gasteiger partial charge in [-0.15, -0.1) is 11.8 Å². The maximum Gasteiger partial charge on any atom is 0.0543 e. The van der Waals surface area contributed by atoms with Crippen molar-refractivity contribution in [3.63, 3.8) is 0 Å². The Morgan fingerprint density at radius 2 is 1.71 bits per heavy atom. The molecule has 0 aliphatic carbocycles. The lowest BCUT2D eigenvalue weighted by Gasteiger charge is -2.05. The van der Waals surface area contributed by atoms with E-state index in [9.17, 15) is 0 Å². The highest BCUT2D eigenvalue weighted by Crippen LogP contribution is 2.32. The third kappa shape index (κ3) is 4.05. The van der Waals surface area contributed by atoms with E-state index in [-0.39, 0.29) is 0 Å². The van der Waals surface area contributed by atoms with Gasteiger partial charge in [-0.2, -0.15) is 0 Å². The molecule has 0 amide bonds. The first-order valence-corrected chi connectivity index (χ1v) is 7.79. The summed E-state index contributed by atoms with van der Waals surface area (Å²) in [5.41, 5.74) is 1.28. The molecular formula is C13H9Cl2IS. The van der Waals surface area contributed by atoms with Crippen molar-refractivity contribution in [2.45, 2.75) is 10.6 Å². The fourth-order valence-corrected chi connectivity index (χ4v) is 3.14. The van der Waals surface area contributed by atoms with Crippen molar-refractivity contribution in [2.24, 2.45) is 0 Å². The van der Waals surface area contributed by atoms with Gasteiger partial charge >= 0.3 is 0 Å². The lowest BCUT2D eigenvalue weighted by atomic mass is 10.2. The Morgan fingerprint density at radius 1 is 1.00 bits per heavy atom. The number of rotatable bonds is 3. The van der Waals surface area contributed by atoms with Gasteiger partial charge < -0.3 is 0 Å². The molecule has 88 valence electrons. The van der Waals surface area contributed by atoms with Gasteiger partial charge in [-0.3, -0.25) is 0 Å². The highest BCUT2D eigenvalue weighted by Gasteiger charge is 2.02. The van der Waals surface area contributed by atoms with Crippen molar-refractivity contribution in [1.29, 1.82) is 0 Å². The standard InChI is InChI=1S/C13H9Cl2IS/c14-10-3-6-12(15)13(7-10)17-8-9-1-4-11(16)5-2-9/h1-7H,8H2. The maximum atomic E-state index is 6.11. The first-order chi connectivity index (χ1) is 8.15. The van der Waals surface area contributed by atoms with Gasteiger partial charge in [-0.05, 0) is 58.5 Å². The van der Waals surface area contributed by atoms with Crippen LogP contribution in [0.3, 0.4) is 0 Å². The van der Waals surface area contributed by atoms with E-state index in [4.69, 9.17) is 23.2 Å². The summed E-state index contributed by atoms with van der Waals surface area (Å²) >= 11 is 16.1. The van der Waals surface area contributed by atoms with Crippen molar-refractivity contribution in [3.05, 3.63) is 61.6 Å². The van der Waals surface area contributed by atoms with Crippen LogP contribution in [0, 0.1) is 3.57 Å². The zero-order valence-electron chi connectivity index (χ0n) is 8.79. The largest absolute Gasteiger partial charge is 0.120 e. The molecule has 0 heterocycles. The van der Waals surface area contributed by atoms with E-state index in [0.29, 0.717) is 0 Å². The normalized spacial score (nSPS) is 10.5. The highest BCUT2D eigenvalue weighted by atomic mass is 127. The second-order valence-electron chi connectivity index (χ2n) is 3.49. The van der Waals surface area contributed by atoms with E-state index in [1.807, 2.05) is 12.1 Å². The second-order valence-corrected chi connectivity index (χ2v) is 6.60. The number of hydrogen-bond donors (Lipinski definition) is 0. The monoisotopic (exact) mass is 394 g/mol. The van der Waals surface area contributed by atoms with E-state index in [0.717, 1.165) is 20.7 Å². The van der Waals surface area contributed by atoms with Crippen molar-refractivity contribution >= 4 is 57.6 Å². The fourth-order valence-electron chi connectivity index (χ4n) is 1.33. The first-order valence-electron chi connectivity index (χ1n) is 4.97. The van der Waals surface area contributed by atoms with Crippen molar-refractivity contribution in [2.75, 3.05) is 0 Å². The van der Waals surface area contributed by atoms with Crippen LogP contribution < -0.4 is 0 Å². The van der Waals surface area contributed by atoms with E-state index in [1.165, 1.54) is 9.13 Å². The molecule has 0 N–H and O–H groups in total. The van der Waals surface area contributed by atoms with Crippen molar-refractivity contribution in [3.8, 4) is 0 Å². The molecule has 0 bridgehead atoms. The second kappa shape index (κ2) is 6.32. The quantitative estimate of drug-likeness (QED) is 0.462. The van der Waals surface area contributed by atoms with Crippen LogP contribution in [0.15, 0.2) is 47.4 Å². The summed E-state index contributed by atoms with van der Waals surface area (Å²) < 4.78 is 1.25. The molecule has 2 aromatic carbocycles. The molecule has 0 saturated carbocycles.